The van der Waals surface area contributed by atoms with E-state index in [2.05, 4.69) is 55.8 Å². The van der Waals surface area contributed by atoms with Crippen LogP contribution in [0.5, 0.6) is 6.01 Å². The number of aryl methyl sites for hydroxylation is 2. The molecule has 7 N–H and O–H groups in total. The average Bonchev–Trinajstić information content (AvgIpc) is 4.01. The number of carboxylic acids is 2. The molecule has 0 atom stereocenters. The molecular weight excluding hydrogens is 763 g/mol. The van der Waals surface area contributed by atoms with Crippen LogP contribution in [0, 0.1) is 0 Å². The van der Waals surface area contributed by atoms with E-state index in [1.54, 1.807) is 48.5 Å². The number of carboxylic acid groups (broad SMARTS) is 2. The first-order chi connectivity index (χ1) is 28.6. The second-order valence-corrected chi connectivity index (χ2v) is 12.9. The molecule has 0 saturated heterocycles. The number of rotatable bonds is 16. The van der Waals surface area contributed by atoms with E-state index in [9.17, 15) is 24.9 Å². The molecule has 22 nitrogen and oxygen atoms in total. The second-order valence-electron chi connectivity index (χ2n) is 12.9. The minimum absolute atomic E-state index is 0.0536. The van der Waals surface area contributed by atoms with Gasteiger partial charge in [0.1, 0.15) is 11.1 Å². The summed E-state index contributed by atoms with van der Waals surface area (Å²) in [4.78, 5) is 36.9. The van der Waals surface area contributed by atoms with Crippen LogP contribution in [0.4, 0.5) is 34.6 Å². The molecule has 0 spiro atoms. The summed E-state index contributed by atoms with van der Waals surface area (Å²) in [6.45, 7) is 3.99. The van der Waals surface area contributed by atoms with Crippen LogP contribution in [0.1, 0.15) is 71.6 Å². The molecule has 5 aromatic heterocycles. The maximum atomic E-state index is 12.1. The van der Waals surface area contributed by atoms with E-state index in [1.807, 2.05) is 26.0 Å². The van der Waals surface area contributed by atoms with E-state index in [0.29, 0.717) is 48.4 Å². The van der Waals surface area contributed by atoms with Crippen molar-refractivity contribution in [2.45, 2.75) is 52.4 Å². The van der Waals surface area contributed by atoms with Crippen molar-refractivity contribution in [1.82, 2.24) is 54.1 Å². The number of unbranched alkanes of at least 4 members (excludes halogenated alkanes) is 2. The average molecular weight is 800 g/mol. The van der Waals surface area contributed by atoms with Gasteiger partial charge in [-0.05, 0) is 49.9 Å². The summed E-state index contributed by atoms with van der Waals surface area (Å²) in [5.74, 6) is -3.22. The molecule has 0 bridgehead atoms. The zero-order valence-corrected chi connectivity index (χ0v) is 31.7. The Hall–Kier alpha value is -8.17. The first-order valence-corrected chi connectivity index (χ1v) is 18.4. The van der Waals surface area contributed by atoms with Crippen molar-refractivity contribution in [2.75, 3.05) is 11.5 Å². The summed E-state index contributed by atoms with van der Waals surface area (Å²) in [7, 11) is 0. The minimum Gasteiger partial charge on any atom is -0.479 e. The number of nitrogens with zero attached hydrogens (tertiary/aromatic N) is 15. The van der Waals surface area contributed by atoms with Crippen LogP contribution in [-0.4, -0.2) is 81.3 Å². The molecular formula is C37H37N17O5. The summed E-state index contributed by atoms with van der Waals surface area (Å²) in [5, 5.41) is 65.6. The van der Waals surface area contributed by atoms with Crippen molar-refractivity contribution < 1.29 is 24.9 Å². The third-order valence-corrected chi connectivity index (χ3v) is 8.88. The highest BCUT2D eigenvalue weighted by molar-refractivity contribution is 5.93. The maximum absolute atomic E-state index is 12.1. The van der Waals surface area contributed by atoms with Crippen LogP contribution < -0.4 is 11.5 Å². The number of aromatic nitrogens is 11. The van der Waals surface area contributed by atoms with Crippen LogP contribution in [-0.2, 0) is 12.8 Å². The van der Waals surface area contributed by atoms with Crippen LogP contribution in [0.2, 0.25) is 0 Å². The number of aromatic hydroxyl groups is 1. The SMILES string of the molecule is CCCCc1nn(-c2nc(O)nc(-n3nc(CCCC)c(/N=N/c4c(C(=O)O)cnn4-c4ccccc4)c3N)n2)c(N)c1/N=N/c1c(C(=O)O)cnn1-c1ccccc1. The lowest BCUT2D eigenvalue weighted by Gasteiger charge is -2.06. The highest BCUT2D eigenvalue weighted by atomic mass is 16.4. The van der Waals surface area contributed by atoms with E-state index in [0.717, 1.165) is 22.2 Å². The number of anilines is 2. The van der Waals surface area contributed by atoms with Gasteiger partial charge >= 0.3 is 17.9 Å². The van der Waals surface area contributed by atoms with E-state index in [1.165, 1.54) is 21.8 Å². The fourth-order valence-corrected chi connectivity index (χ4v) is 5.91. The van der Waals surface area contributed by atoms with Crippen molar-refractivity contribution >= 4 is 46.6 Å². The Morgan fingerprint density at radius 2 is 1.02 bits per heavy atom. The van der Waals surface area contributed by atoms with E-state index < -0.39 is 17.9 Å². The monoisotopic (exact) mass is 799 g/mol. The van der Waals surface area contributed by atoms with Gasteiger partial charge in [-0.2, -0.15) is 44.7 Å². The molecule has 0 amide bonds. The van der Waals surface area contributed by atoms with Crippen molar-refractivity contribution in [1.29, 1.82) is 0 Å². The highest BCUT2D eigenvalue weighted by Gasteiger charge is 2.25. The van der Waals surface area contributed by atoms with Crippen molar-refractivity contribution in [3.63, 3.8) is 0 Å². The Kier molecular flexibility index (Phi) is 11.2. The van der Waals surface area contributed by atoms with E-state index >= 15 is 0 Å². The Labute approximate surface area is 334 Å². The van der Waals surface area contributed by atoms with Gasteiger partial charge in [-0.25, -0.2) is 19.0 Å². The smallest absolute Gasteiger partial charge is 0.341 e. The predicted molar refractivity (Wildman–Crippen MR) is 211 cm³/mol. The normalized spacial score (nSPS) is 11.6. The number of nitrogens with two attached hydrogens (primary N) is 2. The Morgan fingerprint density at radius 1 is 0.610 bits per heavy atom. The van der Waals surface area contributed by atoms with Gasteiger partial charge in [0.25, 0.3) is 11.9 Å². The van der Waals surface area contributed by atoms with Gasteiger partial charge < -0.3 is 26.8 Å². The summed E-state index contributed by atoms with van der Waals surface area (Å²) in [6, 6.07) is 17.0. The Bertz CT molecular complexity index is 2520. The van der Waals surface area contributed by atoms with Crippen LogP contribution in [0.15, 0.2) is 93.5 Å². The topological polar surface area (TPSA) is 306 Å². The van der Waals surface area contributed by atoms with Crippen LogP contribution in [0.3, 0.4) is 0 Å². The van der Waals surface area contributed by atoms with E-state index in [4.69, 9.17) is 11.5 Å². The van der Waals surface area contributed by atoms with E-state index in [-0.39, 0.29) is 57.7 Å². The third kappa shape index (κ3) is 7.94. The molecule has 0 saturated carbocycles. The lowest BCUT2D eigenvalue weighted by Crippen LogP contribution is -2.13. The number of hydrogen-bond donors (Lipinski definition) is 5. The first kappa shape index (κ1) is 39.1. The van der Waals surface area contributed by atoms with Gasteiger partial charge in [0.15, 0.2) is 34.6 Å². The molecule has 5 heterocycles. The summed E-state index contributed by atoms with van der Waals surface area (Å²) in [5.41, 5.74) is 15.0. The number of para-hydroxylation sites is 2. The Morgan fingerprint density at radius 3 is 1.39 bits per heavy atom. The number of carbonyl (C=O) groups is 2. The maximum Gasteiger partial charge on any atom is 0.341 e. The molecule has 7 rings (SSSR count). The largest absolute Gasteiger partial charge is 0.479 e. The molecule has 59 heavy (non-hydrogen) atoms. The number of hydrogen-bond acceptors (Lipinski definition) is 16. The van der Waals surface area contributed by atoms with Gasteiger partial charge in [0, 0.05) is 0 Å². The number of aromatic carboxylic acids is 2. The van der Waals surface area contributed by atoms with Crippen molar-refractivity contribution in [3.05, 3.63) is 95.6 Å². The predicted octanol–water partition coefficient (Wildman–Crippen LogP) is 6.40. The molecule has 2 aromatic carbocycles. The quantitative estimate of drug-likeness (QED) is 0.0661. The molecule has 0 aliphatic rings. The summed E-state index contributed by atoms with van der Waals surface area (Å²) in [6.07, 6.45) is 6.15. The molecule has 0 aliphatic heterocycles. The molecule has 0 aliphatic carbocycles. The van der Waals surface area contributed by atoms with Gasteiger partial charge in [0.05, 0.1) is 35.2 Å². The molecule has 300 valence electrons. The number of azo groups is 2. The molecule has 0 radical (unpaired) electrons. The van der Waals surface area contributed by atoms with Gasteiger partial charge in [-0.3, -0.25) is 0 Å². The van der Waals surface area contributed by atoms with Crippen molar-refractivity contribution in [3.8, 4) is 29.3 Å². The zero-order valence-electron chi connectivity index (χ0n) is 31.7. The fraction of sp³-hybridized carbons (Fsp3) is 0.216. The summed E-state index contributed by atoms with van der Waals surface area (Å²) < 4.78 is 4.98. The number of benzene rings is 2. The summed E-state index contributed by atoms with van der Waals surface area (Å²) >= 11 is 0. The van der Waals surface area contributed by atoms with Crippen molar-refractivity contribution in [2.24, 2.45) is 20.5 Å². The first-order valence-electron chi connectivity index (χ1n) is 18.4. The molecule has 22 heteroatoms. The lowest BCUT2D eigenvalue weighted by atomic mass is 10.2. The number of nitrogen functional groups attached to an aromatic ring is 2. The van der Waals surface area contributed by atoms with Gasteiger partial charge in [-0.1, -0.05) is 63.1 Å². The Balaban J connectivity index is 1.30. The third-order valence-electron chi connectivity index (χ3n) is 8.88. The fourth-order valence-electron chi connectivity index (χ4n) is 5.91. The highest BCUT2D eigenvalue weighted by Crippen LogP contribution is 2.35. The molecule has 7 aromatic rings. The lowest BCUT2D eigenvalue weighted by molar-refractivity contribution is 0.0686. The standard InChI is InChI=1S/C37H37N17O5/c1-3-5-17-25-27(45-47-31-23(33(55)56)19-40-51(31)21-13-9-7-10-14-21)29(38)53(49-25)35-42-36(44-37(59)43-35)54-30(39)28(26(50-54)18-6-4-2)46-48-32-24(34(57)58)20-41-52(32)22-15-11-8-12-16-22/h7-16,19-20H,3-6,17-18,38-39H2,1-2H3,(H,55,56)(H,57,58)(H,42,43,44,59)/b47-45+,48-46+. The zero-order chi connectivity index (χ0) is 41.6. The van der Waals surface area contributed by atoms with Gasteiger partial charge in [-0.15, -0.1) is 20.5 Å². The van der Waals surface area contributed by atoms with Gasteiger partial charge in [0.2, 0.25) is 0 Å². The van der Waals surface area contributed by atoms with Crippen LogP contribution in [0.25, 0.3) is 23.3 Å². The minimum atomic E-state index is -1.26. The van der Waals surface area contributed by atoms with Crippen LogP contribution >= 0.6 is 0 Å². The second kappa shape index (κ2) is 16.9. The molecule has 0 unspecified atom stereocenters. The molecule has 0 fully saturated rings.